The second-order valence-corrected chi connectivity index (χ2v) is 9.42. The molecule has 0 aliphatic rings. The first-order valence-electron chi connectivity index (χ1n) is 11.6. The lowest BCUT2D eigenvalue weighted by molar-refractivity contribution is -0.147. The van der Waals surface area contributed by atoms with E-state index >= 15 is 0 Å². The van der Waals surface area contributed by atoms with Crippen LogP contribution >= 0.6 is 0 Å². The Morgan fingerprint density at radius 2 is 1.74 bits per heavy atom. The standard InChI is InChI=1S/C25H39N3O7/c1-9-17(4)28(23(32)19(14-29)27-24(33)35-25(5,6)7)21(22(31)26-13-20(30)34-8)18-11-10-15(2)16(3)12-18/h10-12,17,19,21,29H,9,13-14H2,1-8H3,(H,26,31)(H,27,33). The Morgan fingerprint density at radius 3 is 2.23 bits per heavy atom. The number of amides is 3. The molecule has 1 aromatic rings. The van der Waals surface area contributed by atoms with Gasteiger partial charge in [0.15, 0.2) is 0 Å². The van der Waals surface area contributed by atoms with Gasteiger partial charge in [0.2, 0.25) is 11.8 Å². The van der Waals surface area contributed by atoms with Crippen LogP contribution in [-0.4, -0.2) is 71.8 Å². The fourth-order valence-electron chi connectivity index (χ4n) is 3.31. The molecule has 0 aliphatic heterocycles. The van der Waals surface area contributed by atoms with Crippen molar-refractivity contribution in [2.45, 2.75) is 78.6 Å². The average Bonchev–Trinajstić information content (AvgIpc) is 2.78. The summed E-state index contributed by atoms with van der Waals surface area (Å²) in [4.78, 5) is 52.3. The molecule has 0 saturated carbocycles. The van der Waals surface area contributed by atoms with Gasteiger partial charge in [0.25, 0.3) is 0 Å². The van der Waals surface area contributed by atoms with E-state index < -0.39 is 54.2 Å². The number of hydrogen-bond acceptors (Lipinski definition) is 7. The van der Waals surface area contributed by atoms with Gasteiger partial charge in [-0.3, -0.25) is 14.4 Å². The molecule has 0 aromatic heterocycles. The summed E-state index contributed by atoms with van der Waals surface area (Å²) in [6.07, 6.45) is -0.381. The summed E-state index contributed by atoms with van der Waals surface area (Å²) in [6, 6.07) is 2.45. The van der Waals surface area contributed by atoms with Crippen molar-refractivity contribution in [3.8, 4) is 0 Å². The van der Waals surface area contributed by atoms with Gasteiger partial charge in [0, 0.05) is 6.04 Å². The summed E-state index contributed by atoms with van der Waals surface area (Å²) >= 11 is 0. The molecule has 3 atom stereocenters. The molecule has 0 aliphatic carbocycles. The van der Waals surface area contributed by atoms with Crippen molar-refractivity contribution in [1.29, 1.82) is 0 Å². The Balaban J connectivity index is 3.47. The van der Waals surface area contributed by atoms with Gasteiger partial charge in [-0.2, -0.15) is 0 Å². The van der Waals surface area contributed by atoms with E-state index in [0.717, 1.165) is 11.1 Å². The largest absolute Gasteiger partial charge is 0.468 e. The van der Waals surface area contributed by atoms with E-state index in [-0.39, 0.29) is 6.54 Å². The molecule has 196 valence electrons. The van der Waals surface area contributed by atoms with Gasteiger partial charge < -0.3 is 30.1 Å². The number of esters is 1. The molecule has 1 rings (SSSR count). The Hall–Kier alpha value is -3.14. The molecule has 3 unspecified atom stereocenters. The first-order valence-corrected chi connectivity index (χ1v) is 11.6. The van der Waals surface area contributed by atoms with Crippen LogP contribution in [0.4, 0.5) is 4.79 Å². The van der Waals surface area contributed by atoms with E-state index in [1.807, 2.05) is 26.8 Å². The van der Waals surface area contributed by atoms with Crippen LogP contribution < -0.4 is 10.6 Å². The molecule has 10 nitrogen and oxygen atoms in total. The number of methoxy groups -OCH3 is 1. The van der Waals surface area contributed by atoms with Crippen LogP contribution in [0.2, 0.25) is 0 Å². The van der Waals surface area contributed by atoms with Crippen LogP contribution in [0.1, 0.15) is 63.8 Å². The highest BCUT2D eigenvalue weighted by Crippen LogP contribution is 2.27. The number of rotatable bonds is 10. The molecule has 0 fully saturated rings. The quantitative estimate of drug-likeness (QED) is 0.425. The fourth-order valence-corrected chi connectivity index (χ4v) is 3.31. The van der Waals surface area contributed by atoms with Gasteiger partial charge in [-0.15, -0.1) is 0 Å². The second-order valence-electron chi connectivity index (χ2n) is 9.42. The molecular weight excluding hydrogens is 454 g/mol. The normalized spacial score (nSPS) is 13.7. The predicted octanol–water partition coefficient (Wildman–Crippen LogP) is 2.15. The summed E-state index contributed by atoms with van der Waals surface area (Å²) in [5, 5.41) is 14.9. The molecule has 0 saturated heterocycles. The number of benzene rings is 1. The van der Waals surface area contributed by atoms with Crippen molar-refractivity contribution < 1.29 is 33.8 Å². The Kier molecular flexibility index (Phi) is 11.2. The fraction of sp³-hybridized carbons (Fsp3) is 0.600. The third-order valence-electron chi connectivity index (χ3n) is 5.50. The number of aryl methyl sites for hydroxylation is 2. The van der Waals surface area contributed by atoms with E-state index in [1.54, 1.807) is 39.8 Å². The van der Waals surface area contributed by atoms with Crippen LogP contribution in [0, 0.1) is 13.8 Å². The highest BCUT2D eigenvalue weighted by Gasteiger charge is 2.38. The minimum atomic E-state index is -1.35. The lowest BCUT2D eigenvalue weighted by Gasteiger charge is -2.38. The molecule has 0 spiro atoms. The number of carbonyl (C=O) groups excluding carboxylic acids is 4. The van der Waals surface area contributed by atoms with Crippen LogP contribution in [0.25, 0.3) is 0 Å². The number of ether oxygens (including phenoxy) is 2. The molecule has 35 heavy (non-hydrogen) atoms. The third-order valence-corrected chi connectivity index (χ3v) is 5.50. The number of nitrogens with one attached hydrogen (secondary N) is 2. The van der Waals surface area contributed by atoms with Gasteiger partial charge in [-0.25, -0.2) is 4.79 Å². The minimum absolute atomic E-state index is 0.376. The molecule has 3 N–H and O–H groups in total. The molecule has 0 radical (unpaired) electrons. The Labute approximate surface area is 207 Å². The first kappa shape index (κ1) is 29.9. The number of hydrogen-bond donors (Lipinski definition) is 3. The molecule has 10 heteroatoms. The van der Waals surface area contributed by atoms with Crippen molar-refractivity contribution >= 4 is 23.9 Å². The number of nitrogens with zero attached hydrogens (tertiary/aromatic N) is 1. The number of carbonyl (C=O) groups is 4. The molecular formula is C25H39N3O7. The summed E-state index contributed by atoms with van der Waals surface area (Å²) in [5.74, 6) is -1.90. The second kappa shape index (κ2) is 13.1. The topological polar surface area (TPSA) is 134 Å². The van der Waals surface area contributed by atoms with E-state index in [0.29, 0.717) is 12.0 Å². The summed E-state index contributed by atoms with van der Waals surface area (Å²) in [7, 11) is 1.21. The molecule has 3 amide bonds. The highest BCUT2D eigenvalue weighted by atomic mass is 16.6. The van der Waals surface area contributed by atoms with E-state index in [2.05, 4.69) is 15.4 Å². The number of aliphatic hydroxyl groups is 1. The average molecular weight is 494 g/mol. The Morgan fingerprint density at radius 1 is 1.11 bits per heavy atom. The van der Waals surface area contributed by atoms with Gasteiger partial charge >= 0.3 is 12.1 Å². The zero-order valence-electron chi connectivity index (χ0n) is 21.9. The van der Waals surface area contributed by atoms with Crippen molar-refractivity contribution in [3.63, 3.8) is 0 Å². The Bertz CT molecular complexity index is 911. The summed E-state index contributed by atoms with van der Waals surface area (Å²) < 4.78 is 9.83. The number of alkyl carbamates (subject to hydrolysis) is 1. The van der Waals surface area contributed by atoms with Crippen LogP contribution in [-0.2, 0) is 23.9 Å². The van der Waals surface area contributed by atoms with E-state index in [4.69, 9.17) is 4.74 Å². The first-order chi connectivity index (χ1) is 16.2. The zero-order chi connectivity index (χ0) is 26.9. The smallest absolute Gasteiger partial charge is 0.408 e. The van der Waals surface area contributed by atoms with Crippen molar-refractivity contribution in [1.82, 2.24) is 15.5 Å². The highest BCUT2D eigenvalue weighted by molar-refractivity contribution is 5.93. The zero-order valence-corrected chi connectivity index (χ0v) is 21.9. The van der Waals surface area contributed by atoms with Crippen molar-refractivity contribution in [3.05, 3.63) is 34.9 Å². The predicted molar refractivity (Wildman–Crippen MR) is 131 cm³/mol. The maximum atomic E-state index is 13.7. The maximum Gasteiger partial charge on any atom is 0.408 e. The van der Waals surface area contributed by atoms with E-state index in [9.17, 15) is 24.3 Å². The number of aliphatic hydroxyl groups excluding tert-OH is 1. The van der Waals surface area contributed by atoms with Gasteiger partial charge in [0.05, 0.1) is 13.7 Å². The SMILES string of the molecule is CCC(C)N(C(=O)C(CO)NC(=O)OC(C)(C)C)C(C(=O)NCC(=O)OC)c1ccc(C)c(C)c1. The molecule has 1 aromatic carbocycles. The summed E-state index contributed by atoms with van der Waals surface area (Å²) in [6.45, 7) is 11.4. The van der Waals surface area contributed by atoms with Crippen LogP contribution in [0.3, 0.4) is 0 Å². The van der Waals surface area contributed by atoms with Gasteiger partial charge in [0.1, 0.15) is 24.2 Å². The third kappa shape index (κ3) is 8.86. The minimum Gasteiger partial charge on any atom is -0.468 e. The van der Waals surface area contributed by atoms with Crippen molar-refractivity contribution in [2.24, 2.45) is 0 Å². The van der Waals surface area contributed by atoms with Crippen LogP contribution in [0.5, 0.6) is 0 Å². The van der Waals surface area contributed by atoms with Gasteiger partial charge in [-0.1, -0.05) is 25.1 Å². The summed E-state index contributed by atoms with van der Waals surface area (Å²) in [5.41, 5.74) is 1.64. The van der Waals surface area contributed by atoms with Crippen molar-refractivity contribution in [2.75, 3.05) is 20.3 Å². The van der Waals surface area contributed by atoms with E-state index in [1.165, 1.54) is 12.0 Å². The monoisotopic (exact) mass is 493 g/mol. The maximum absolute atomic E-state index is 13.7. The lowest BCUT2D eigenvalue weighted by atomic mass is 9.96. The molecule has 0 bridgehead atoms. The van der Waals surface area contributed by atoms with Crippen LogP contribution in [0.15, 0.2) is 18.2 Å². The lowest BCUT2D eigenvalue weighted by Crippen LogP contribution is -2.56. The van der Waals surface area contributed by atoms with Gasteiger partial charge in [-0.05, 0) is 64.7 Å². The molecule has 0 heterocycles.